The summed E-state index contributed by atoms with van der Waals surface area (Å²) >= 11 is 1.57. The molecule has 206 valence electrons. The molecule has 0 aliphatic carbocycles. The van der Waals surface area contributed by atoms with Crippen LogP contribution < -0.4 is 10.6 Å². The smallest absolute Gasteiger partial charge is 0.273 e. The molecule has 0 radical (unpaired) electrons. The van der Waals surface area contributed by atoms with Crippen molar-refractivity contribution in [1.82, 2.24) is 25.1 Å². The van der Waals surface area contributed by atoms with Gasteiger partial charge in [0, 0.05) is 36.1 Å². The molecule has 2 N–H and O–H groups in total. The number of thiazole rings is 1. The van der Waals surface area contributed by atoms with Gasteiger partial charge in [-0.05, 0) is 57.2 Å². The van der Waals surface area contributed by atoms with Gasteiger partial charge in [0.25, 0.3) is 5.91 Å². The Morgan fingerprint density at radius 2 is 1.98 bits per heavy atom. The van der Waals surface area contributed by atoms with Crippen molar-refractivity contribution in [3.63, 3.8) is 0 Å². The van der Waals surface area contributed by atoms with Gasteiger partial charge in [0.1, 0.15) is 16.5 Å². The first-order valence-corrected chi connectivity index (χ1v) is 14.4. The largest absolute Gasteiger partial charge is 0.419 e. The molecule has 6 rings (SSSR count). The second-order valence-corrected chi connectivity index (χ2v) is 11.6. The Hall–Kier alpha value is -3.96. The molecule has 1 aromatic carbocycles. The quantitative estimate of drug-likeness (QED) is 0.353. The maximum Gasteiger partial charge on any atom is 0.273 e. The highest BCUT2D eigenvalue weighted by atomic mass is 32.1. The SMILES string of the molecule is Cc1csc([C@H]2CCCN2C(=O)c2cc(-c3nnc([C@@](C)(N)Cc4ccccc4)o3)cc(N3CCCC3=O)n2)n1. The number of nitrogens with two attached hydrogens (primary N) is 1. The van der Waals surface area contributed by atoms with Crippen LogP contribution in [0.5, 0.6) is 0 Å². The highest BCUT2D eigenvalue weighted by Crippen LogP contribution is 2.36. The van der Waals surface area contributed by atoms with Gasteiger partial charge in [-0.15, -0.1) is 21.5 Å². The number of hydrogen-bond donors (Lipinski definition) is 1. The number of carbonyl (C=O) groups is 2. The molecule has 0 bridgehead atoms. The first kappa shape index (κ1) is 26.3. The fraction of sp³-hybridized carbons (Fsp3) is 0.379. The van der Waals surface area contributed by atoms with Gasteiger partial charge in [-0.2, -0.15) is 0 Å². The lowest BCUT2D eigenvalue weighted by molar-refractivity contribution is -0.117. The Labute approximate surface area is 236 Å². The van der Waals surface area contributed by atoms with Crippen LogP contribution in [0, 0.1) is 6.92 Å². The lowest BCUT2D eigenvalue weighted by Gasteiger charge is -2.24. The highest BCUT2D eigenvalue weighted by Gasteiger charge is 2.35. The van der Waals surface area contributed by atoms with E-state index >= 15 is 0 Å². The Bertz CT molecular complexity index is 1550. The van der Waals surface area contributed by atoms with Crippen LogP contribution in [0.2, 0.25) is 0 Å². The van der Waals surface area contributed by atoms with E-state index in [1.54, 1.807) is 28.4 Å². The molecule has 2 fully saturated rings. The Kier molecular flexibility index (Phi) is 6.93. The predicted molar refractivity (Wildman–Crippen MR) is 151 cm³/mol. The molecular weight excluding hydrogens is 526 g/mol. The van der Waals surface area contributed by atoms with Crippen molar-refractivity contribution in [2.24, 2.45) is 5.73 Å². The van der Waals surface area contributed by atoms with E-state index in [1.165, 1.54) is 0 Å². The van der Waals surface area contributed by atoms with Gasteiger partial charge in [-0.25, -0.2) is 9.97 Å². The third kappa shape index (κ3) is 5.14. The van der Waals surface area contributed by atoms with Crippen molar-refractivity contribution in [3.05, 3.63) is 75.7 Å². The molecule has 0 saturated carbocycles. The molecule has 5 heterocycles. The predicted octanol–water partition coefficient (Wildman–Crippen LogP) is 4.42. The van der Waals surface area contributed by atoms with Crippen molar-refractivity contribution in [2.45, 2.75) is 57.5 Å². The first-order chi connectivity index (χ1) is 19.3. The van der Waals surface area contributed by atoms with E-state index in [4.69, 9.17) is 10.2 Å². The molecule has 2 atom stereocenters. The minimum atomic E-state index is -0.902. The lowest BCUT2D eigenvalue weighted by Crippen LogP contribution is -2.35. The highest BCUT2D eigenvalue weighted by molar-refractivity contribution is 7.09. The number of aryl methyl sites for hydroxylation is 1. The molecule has 2 saturated heterocycles. The zero-order valence-electron chi connectivity index (χ0n) is 22.5. The summed E-state index contributed by atoms with van der Waals surface area (Å²) in [5.74, 6) is 0.677. The average molecular weight is 558 g/mol. The monoisotopic (exact) mass is 557 g/mol. The second-order valence-electron chi connectivity index (χ2n) is 10.7. The van der Waals surface area contributed by atoms with Gasteiger partial charge >= 0.3 is 0 Å². The van der Waals surface area contributed by atoms with Crippen molar-refractivity contribution in [3.8, 4) is 11.5 Å². The molecule has 11 heteroatoms. The lowest BCUT2D eigenvalue weighted by atomic mass is 9.94. The summed E-state index contributed by atoms with van der Waals surface area (Å²) in [5.41, 5.74) is 8.45. The van der Waals surface area contributed by atoms with Crippen molar-refractivity contribution in [2.75, 3.05) is 18.0 Å². The summed E-state index contributed by atoms with van der Waals surface area (Å²) in [5, 5.41) is 11.5. The molecule has 4 aromatic rings. The van der Waals surface area contributed by atoms with Gasteiger partial charge in [0.2, 0.25) is 17.7 Å². The van der Waals surface area contributed by atoms with Crippen LogP contribution in [-0.2, 0) is 16.8 Å². The van der Waals surface area contributed by atoms with Crippen molar-refractivity contribution >= 4 is 29.0 Å². The molecule has 2 aliphatic heterocycles. The summed E-state index contributed by atoms with van der Waals surface area (Å²) in [6, 6.07) is 13.2. The van der Waals surface area contributed by atoms with Crippen LogP contribution >= 0.6 is 11.3 Å². The number of nitrogens with zero attached hydrogens (tertiary/aromatic N) is 6. The fourth-order valence-corrected chi connectivity index (χ4v) is 6.33. The van der Waals surface area contributed by atoms with Crippen LogP contribution in [0.25, 0.3) is 11.5 Å². The van der Waals surface area contributed by atoms with Crippen LogP contribution in [0.15, 0.2) is 52.3 Å². The summed E-state index contributed by atoms with van der Waals surface area (Å²) in [6.45, 7) is 4.96. The molecule has 2 amide bonds. The number of carbonyl (C=O) groups excluding carboxylic acids is 2. The molecular formula is C29H31N7O3S. The van der Waals surface area contributed by atoms with E-state index in [9.17, 15) is 9.59 Å². The normalized spacial score (nSPS) is 18.9. The van der Waals surface area contributed by atoms with Gasteiger partial charge in [0.15, 0.2) is 0 Å². The number of anilines is 1. The molecule has 0 unspecified atom stereocenters. The van der Waals surface area contributed by atoms with E-state index < -0.39 is 5.54 Å². The first-order valence-electron chi connectivity index (χ1n) is 13.5. The third-order valence-electron chi connectivity index (χ3n) is 7.39. The Morgan fingerprint density at radius 1 is 1.15 bits per heavy atom. The number of hydrogen-bond acceptors (Lipinski definition) is 9. The number of amides is 2. The summed E-state index contributed by atoms with van der Waals surface area (Å²) in [6.07, 6.45) is 3.43. The third-order valence-corrected chi connectivity index (χ3v) is 8.45. The number of likely N-dealkylation sites (tertiary alicyclic amines) is 1. The van der Waals surface area contributed by atoms with E-state index in [-0.39, 0.29) is 35.3 Å². The van der Waals surface area contributed by atoms with E-state index in [2.05, 4.69) is 20.2 Å². The molecule has 2 aliphatic rings. The number of pyridine rings is 1. The molecule has 40 heavy (non-hydrogen) atoms. The van der Waals surface area contributed by atoms with E-state index in [0.717, 1.165) is 35.5 Å². The number of benzene rings is 1. The fourth-order valence-electron chi connectivity index (χ4n) is 5.38. The van der Waals surface area contributed by atoms with Crippen LogP contribution in [-0.4, -0.2) is 50.0 Å². The van der Waals surface area contributed by atoms with Crippen molar-refractivity contribution < 1.29 is 14.0 Å². The standard InChI is InChI=1S/C29H31N7O3S/c1-18-17-40-26(31-18)22-10-6-12-35(22)27(38)21-14-20(15-23(32-21)36-13-7-11-24(36)37)25-33-34-28(39-25)29(2,30)16-19-8-4-3-5-9-19/h3-5,8-9,14-15,17,22H,6-7,10-13,16,30H2,1-2H3/t22-,29+/m1/s1. The molecule has 3 aromatic heterocycles. The zero-order chi connectivity index (χ0) is 27.9. The minimum absolute atomic E-state index is 0.0241. The second kappa shape index (κ2) is 10.5. The maximum atomic E-state index is 13.9. The van der Waals surface area contributed by atoms with Crippen molar-refractivity contribution in [1.29, 1.82) is 0 Å². The Balaban J connectivity index is 1.35. The summed E-state index contributed by atoms with van der Waals surface area (Å²) in [4.78, 5) is 39.3. The number of aromatic nitrogens is 4. The summed E-state index contributed by atoms with van der Waals surface area (Å²) < 4.78 is 6.09. The maximum absolute atomic E-state index is 13.9. The van der Waals surface area contributed by atoms with E-state index in [0.29, 0.717) is 37.3 Å². The minimum Gasteiger partial charge on any atom is -0.419 e. The summed E-state index contributed by atoms with van der Waals surface area (Å²) in [7, 11) is 0. The van der Waals surface area contributed by atoms with Gasteiger partial charge < -0.3 is 15.1 Å². The molecule has 10 nitrogen and oxygen atoms in total. The van der Waals surface area contributed by atoms with Gasteiger partial charge in [-0.1, -0.05) is 30.3 Å². The van der Waals surface area contributed by atoms with Gasteiger partial charge in [0.05, 0.1) is 11.6 Å². The van der Waals surface area contributed by atoms with Crippen LogP contribution in [0.3, 0.4) is 0 Å². The topological polar surface area (TPSA) is 131 Å². The van der Waals surface area contributed by atoms with Gasteiger partial charge in [-0.3, -0.25) is 14.5 Å². The molecule has 0 spiro atoms. The Morgan fingerprint density at radius 3 is 2.70 bits per heavy atom. The van der Waals surface area contributed by atoms with Crippen LogP contribution in [0.4, 0.5) is 5.82 Å². The zero-order valence-corrected chi connectivity index (χ0v) is 23.4. The van der Waals surface area contributed by atoms with E-state index in [1.807, 2.05) is 54.5 Å². The average Bonchev–Trinajstić information content (AvgIpc) is 3.75. The number of rotatable bonds is 7. The van der Waals surface area contributed by atoms with Crippen LogP contribution in [0.1, 0.15) is 71.3 Å².